The van der Waals surface area contributed by atoms with E-state index in [1.807, 2.05) is 17.0 Å². The van der Waals surface area contributed by atoms with Gasteiger partial charge < -0.3 is 9.64 Å². The lowest BCUT2D eigenvalue weighted by Crippen LogP contribution is -2.34. The van der Waals surface area contributed by atoms with Gasteiger partial charge in [-0.25, -0.2) is 4.98 Å². The lowest BCUT2D eigenvalue weighted by atomic mass is 9.88. The number of rotatable bonds is 1. The Morgan fingerprint density at radius 2 is 1.81 bits per heavy atom. The van der Waals surface area contributed by atoms with E-state index in [9.17, 15) is 4.79 Å². The number of hydrogen-bond acceptors (Lipinski definition) is 3. The second-order valence-electron chi connectivity index (χ2n) is 7.15. The summed E-state index contributed by atoms with van der Waals surface area (Å²) in [4.78, 5) is 18.5. The van der Waals surface area contributed by atoms with Crippen LogP contribution >= 0.6 is 11.6 Å². The molecule has 1 aliphatic carbocycles. The number of benzene rings is 1. The zero-order valence-electron chi connectivity index (χ0n) is 15.7. The summed E-state index contributed by atoms with van der Waals surface area (Å²) < 4.78 is 5.40. The van der Waals surface area contributed by atoms with Crippen LogP contribution in [0.4, 0.5) is 0 Å². The molecule has 1 aromatic heterocycles. The molecule has 140 valence electrons. The summed E-state index contributed by atoms with van der Waals surface area (Å²) in [7, 11) is 1.65. The van der Waals surface area contributed by atoms with Crippen LogP contribution in [0.15, 0.2) is 35.9 Å². The maximum Gasteiger partial charge on any atom is 0.219 e. The highest BCUT2D eigenvalue weighted by Crippen LogP contribution is 2.39. The number of amides is 1. The first-order valence-corrected chi connectivity index (χ1v) is 9.75. The molecule has 27 heavy (non-hydrogen) atoms. The van der Waals surface area contributed by atoms with Crippen LogP contribution in [0, 0.1) is 0 Å². The Morgan fingerprint density at radius 3 is 2.52 bits per heavy atom. The second-order valence-corrected chi connectivity index (χ2v) is 7.58. The molecule has 4 rings (SSSR count). The molecule has 0 N–H and O–H groups in total. The van der Waals surface area contributed by atoms with Crippen molar-refractivity contribution in [1.29, 1.82) is 0 Å². The molecule has 0 saturated carbocycles. The first kappa shape index (κ1) is 18.1. The van der Waals surface area contributed by atoms with Crippen LogP contribution < -0.4 is 4.74 Å². The molecule has 1 saturated heterocycles. The summed E-state index contributed by atoms with van der Waals surface area (Å²) in [6.45, 7) is 3.16. The van der Waals surface area contributed by atoms with Gasteiger partial charge in [0, 0.05) is 36.7 Å². The van der Waals surface area contributed by atoms with E-state index in [0.29, 0.717) is 5.88 Å². The monoisotopic (exact) mass is 382 g/mol. The van der Waals surface area contributed by atoms with Crippen molar-refractivity contribution in [2.24, 2.45) is 0 Å². The van der Waals surface area contributed by atoms with Crippen molar-refractivity contribution in [2.45, 2.75) is 32.6 Å². The fraction of sp³-hybridized carbons (Fsp3) is 0.364. The molecule has 2 heterocycles. The summed E-state index contributed by atoms with van der Waals surface area (Å²) in [6, 6.07) is 10.2. The van der Waals surface area contributed by atoms with E-state index < -0.39 is 0 Å². The molecular weight excluding hydrogens is 360 g/mol. The van der Waals surface area contributed by atoms with Crippen LogP contribution in [0.2, 0.25) is 5.02 Å². The van der Waals surface area contributed by atoms with E-state index in [2.05, 4.69) is 18.2 Å². The molecule has 5 heteroatoms. The van der Waals surface area contributed by atoms with Crippen molar-refractivity contribution in [3.8, 4) is 5.88 Å². The maximum atomic E-state index is 11.7. The highest BCUT2D eigenvalue weighted by molar-refractivity contribution is 6.30. The van der Waals surface area contributed by atoms with Crippen LogP contribution in [0.1, 0.15) is 42.1 Å². The standard InChI is InChI=1S/C22H23ClN2O2/c1-14(26)25-11-9-15(10-12-25)21-19-7-6-18(23)13-17(19)4-3-16-5-8-20(27-2)24-22(16)21/h5-8,13H,3-4,9-12H2,1-2H3. The molecule has 4 nitrogen and oxygen atoms in total. The molecule has 0 unspecified atom stereocenters. The molecule has 0 atom stereocenters. The van der Waals surface area contributed by atoms with E-state index >= 15 is 0 Å². The number of halogens is 1. The second kappa shape index (κ2) is 7.35. The Balaban J connectivity index is 1.88. The molecule has 1 aliphatic heterocycles. The highest BCUT2D eigenvalue weighted by Gasteiger charge is 2.26. The van der Waals surface area contributed by atoms with Gasteiger partial charge in [-0.1, -0.05) is 29.3 Å². The smallest absolute Gasteiger partial charge is 0.219 e. The zero-order valence-corrected chi connectivity index (χ0v) is 16.5. The molecule has 1 amide bonds. The molecule has 2 aliphatic rings. The first-order valence-electron chi connectivity index (χ1n) is 9.37. The molecule has 1 fully saturated rings. The third-order valence-corrected chi connectivity index (χ3v) is 5.80. The summed E-state index contributed by atoms with van der Waals surface area (Å²) >= 11 is 6.28. The number of fused-ring (bicyclic) bond motifs is 2. The third kappa shape index (κ3) is 3.46. The van der Waals surface area contributed by atoms with E-state index in [1.54, 1.807) is 14.0 Å². The predicted octanol–water partition coefficient (Wildman–Crippen LogP) is 4.29. The minimum Gasteiger partial charge on any atom is -0.481 e. The fourth-order valence-electron chi connectivity index (χ4n) is 4.11. The van der Waals surface area contributed by atoms with Gasteiger partial charge in [0.05, 0.1) is 12.8 Å². The van der Waals surface area contributed by atoms with Gasteiger partial charge in [-0.15, -0.1) is 0 Å². The van der Waals surface area contributed by atoms with Crippen molar-refractivity contribution in [3.63, 3.8) is 0 Å². The fourth-order valence-corrected chi connectivity index (χ4v) is 4.31. The van der Waals surface area contributed by atoms with E-state index in [1.165, 1.54) is 27.8 Å². The van der Waals surface area contributed by atoms with Gasteiger partial charge in [-0.05, 0) is 54.5 Å². The van der Waals surface area contributed by atoms with Gasteiger partial charge in [0.15, 0.2) is 0 Å². The quantitative estimate of drug-likeness (QED) is 0.739. The lowest BCUT2D eigenvalue weighted by Gasteiger charge is -2.29. The predicted molar refractivity (Wildman–Crippen MR) is 107 cm³/mol. The number of ether oxygens (including phenoxy) is 1. The van der Waals surface area contributed by atoms with Crippen molar-refractivity contribution in [2.75, 3.05) is 20.2 Å². The number of aryl methyl sites for hydroxylation is 2. The summed E-state index contributed by atoms with van der Waals surface area (Å²) in [5.74, 6) is 0.776. The largest absolute Gasteiger partial charge is 0.481 e. The SMILES string of the molecule is COc1ccc2c(n1)C(=C1CCN(C(C)=O)CC1)c1ccc(Cl)cc1CC2. The van der Waals surface area contributed by atoms with Crippen molar-refractivity contribution < 1.29 is 9.53 Å². The topological polar surface area (TPSA) is 42.4 Å². The summed E-state index contributed by atoms with van der Waals surface area (Å²) in [5.41, 5.74) is 7.29. The van der Waals surface area contributed by atoms with E-state index in [0.717, 1.165) is 49.5 Å². The number of methoxy groups -OCH3 is 1. The Morgan fingerprint density at radius 1 is 1.07 bits per heavy atom. The number of piperidine rings is 1. The lowest BCUT2D eigenvalue weighted by molar-refractivity contribution is -0.129. The van der Waals surface area contributed by atoms with Gasteiger partial charge >= 0.3 is 0 Å². The Bertz CT molecular complexity index is 926. The summed E-state index contributed by atoms with van der Waals surface area (Å²) in [5, 5.41) is 0.765. The van der Waals surface area contributed by atoms with Crippen LogP contribution in [-0.2, 0) is 17.6 Å². The number of hydrogen-bond donors (Lipinski definition) is 0. The van der Waals surface area contributed by atoms with Crippen LogP contribution in [0.25, 0.3) is 5.57 Å². The minimum absolute atomic E-state index is 0.146. The first-order chi connectivity index (χ1) is 13.1. The maximum absolute atomic E-state index is 11.7. The molecule has 1 aromatic carbocycles. The number of pyridine rings is 1. The van der Waals surface area contributed by atoms with Gasteiger partial charge in [-0.3, -0.25) is 4.79 Å². The zero-order chi connectivity index (χ0) is 19.0. The number of likely N-dealkylation sites (tertiary alicyclic amines) is 1. The number of carbonyl (C=O) groups is 1. The number of aromatic nitrogens is 1. The molecule has 0 radical (unpaired) electrons. The van der Waals surface area contributed by atoms with Gasteiger partial charge in [-0.2, -0.15) is 0 Å². The van der Waals surface area contributed by atoms with Crippen molar-refractivity contribution >= 4 is 23.1 Å². The van der Waals surface area contributed by atoms with Crippen LogP contribution in [0.5, 0.6) is 5.88 Å². The van der Waals surface area contributed by atoms with Crippen molar-refractivity contribution in [3.05, 3.63) is 63.3 Å². The average Bonchev–Trinajstić information content (AvgIpc) is 2.84. The van der Waals surface area contributed by atoms with Crippen LogP contribution in [0.3, 0.4) is 0 Å². The third-order valence-electron chi connectivity index (χ3n) is 5.57. The Kier molecular flexibility index (Phi) is 4.92. The normalized spacial score (nSPS) is 16.5. The van der Waals surface area contributed by atoms with Gasteiger partial charge in [0.2, 0.25) is 11.8 Å². The van der Waals surface area contributed by atoms with E-state index in [-0.39, 0.29) is 5.91 Å². The minimum atomic E-state index is 0.146. The molecule has 0 spiro atoms. The molecular formula is C22H23ClN2O2. The van der Waals surface area contributed by atoms with Gasteiger partial charge in [0.25, 0.3) is 0 Å². The van der Waals surface area contributed by atoms with Crippen LogP contribution in [-0.4, -0.2) is 36.0 Å². The van der Waals surface area contributed by atoms with Crippen molar-refractivity contribution in [1.82, 2.24) is 9.88 Å². The molecule has 0 bridgehead atoms. The van der Waals surface area contributed by atoms with Gasteiger partial charge in [0.1, 0.15) is 0 Å². The Hall–Kier alpha value is -2.33. The number of nitrogens with zero attached hydrogens (tertiary/aromatic N) is 2. The van der Waals surface area contributed by atoms with E-state index in [4.69, 9.17) is 21.3 Å². The number of carbonyl (C=O) groups excluding carboxylic acids is 1. The summed E-state index contributed by atoms with van der Waals surface area (Å²) in [6.07, 6.45) is 3.61. The Labute approximate surface area is 164 Å². The average molecular weight is 383 g/mol. The highest BCUT2D eigenvalue weighted by atomic mass is 35.5. The molecule has 2 aromatic rings.